The first-order chi connectivity index (χ1) is 16.9. The minimum Gasteiger partial charge on any atom is -0.507 e. The lowest BCUT2D eigenvalue weighted by Crippen LogP contribution is -2.18. The summed E-state index contributed by atoms with van der Waals surface area (Å²) >= 11 is 0. The van der Waals surface area contributed by atoms with Crippen LogP contribution in [0.2, 0.25) is 0 Å². The highest BCUT2D eigenvalue weighted by Gasteiger charge is 2.27. The number of nitrogens with zero attached hydrogens (tertiary/aromatic N) is 1. The van der Waals surface area contributed by atoms with E-state index in [0.29, 0.717) is 18.2 Å². The van der Waals surface area contributed by atoms with Crippen LogP contribution >= 0.6 is 0 Å². The van der Waals surface area contributed by atoms with Crippen LogP contribution in [0.5, 0.6) is 11.5 Å². The quantitative estimate of drug-likeness (QED) is 0.290. The molecule has 0 fully saturated rings. The van der Waals surface area contributed by atoms with Gasteiger partial charge in [0.25, 0.3) is 0 Å². The summed E-state index contributed by atoms with van der Waals surface area (Å²) in [5.41, 5.74) is 5.47. The van der Waals surface area contributed by atoms with Gasteiger partial charge in [-0.2, -0.15) is 0 Å². The van der Waals surface area contributed by atoms with Crippen LogP contribution in [-0.4, -0.2) is 23.2 Å². The molecule has 3 aromatic rings. The third-order valence-corrected chi connectivity index (χ3v) is 6.43. The maximum atomic E-state index is 11.0. The van der Waals surface area contributed by atoms with Crippen LogP contribution in [0.3, 0.4) is 0 Å². The Morgan fingerprint density at radius 2 is 1.61 bits per heavy atom. The van der Waals surface area contributed by atoms with E-state index in [2.05, 4.69) is 78.9 Å². The predicted octanol–water partition coefficient (Wildman–Crippen LogP) is 7.33. The summed E-state index contributed by atoms with van der Waals surface area (Å²) < 4.78 is 12.1. The number of nitrogens with one attached hydrogen (secondary N) is 1. The molecular weight excluding hydrogens is 448 g/mol. The third kappa shape index (κ3) is 6.91. The molecule has 0 saturated heterocycles. The summed E-state index contributed by atoms with van der Waals surface area (Å²) in [6.45, 7) is 19.3. The number of oxazole rings is 1. The Hall–Kier alpha value is -2.79. The van der Waals surface area contributed by atoms with Crippen molar-refractivity contribution in [1.29, 1.82) is 0 Å². The monoisotopic (exact) mass is 492 g/mol. The molecular formula is C31H44N2O3. The standard InChI is InChI=1S/C31H44N2O3/c1-9-14-32-15-13-22-16-21(10-2)11-12-27(22)35-19-24-20-36-29(33-24)23-17-25(30(3,4)5)28(34)26(18-23)31(6,7)8/h11-12,16-18,20,32,34H,9-10,13-15,19H2,1-8H3. The molecule has 0 aliphatic heterocycles. The van der Waals surface area contributed by atoms with Crippen LogP contribution < -0.4 is 10.1 Å². The number of phenols is 1. The van der Waals surface area contributed by atoms with E-state index < -0.39 is 0 Å². The second kappa shape index (κ2) is 11.5. The van der Waals surface area contributed by atoms with Crippen LogP contribution in [0.4, 0.5) is 0 Å². The average molecular weight is 493 g/mol. The molecule has 0 bridgehead atoms. The van der Waals surface area contributed by atoms with Crippen molar-refractivity contribution in [3.63, 3.8) is 0 Å². The van der Waals surface area contributed by atoms with Crippen molar-refractivity contribution >= 4 is 0 Å². The van der Waals surface area contributed by atoms with Gasteiger partial charge in [-0.25, -0.2) is 4.98 Å². The van der Waals surface area contributed by atoms with Gasteiger partial charge in [0.15, 0.2) is 0 Å². The first kappa shape index (κ1) is 27.8. The van der Waals surface area contributed by atoms with Crippen LogP contribution in [0.1, 0.15) is 89.8 Å². The summed E-state index contributed by atoms with van der Waals surface area (Å²) in [5.74, 6) is 1.78. The van der Waals surface area contributed by atoms with E-state index >= 15 is 0 Å². The Kier molecular flexibility index (Phi) is 8.89. The maximum Gasteiger partial charge on any atom is 0.226 e. The fraction of sp³-hybridized carbons (Fsp3) is 0.516. The van der Waals surface area contributed by atoms with E-state index in [-0.39, 0.29) is 10.8 Å². The molecule has 0 unspecified atom stereocenters. The van der Waals surface area contributed by atoms with Gasteiger partial charge in [0.05, 0.1) is 0 Å². The zero-order valence-corrected chi connectivity index (χ0v) is 23.4. The van der Waals surface area contributed by atoms with Crippen molar-refractivity contribution in [2.24, 2.45) is 0 Å². The minimum atomic E-state index is -0.217. The second-order valence-corrected chi connectivity index (χ2v) is 11.6. The molecule has 0 amide bonds. The highest BCUT2D eigenvalue weighted by molar-refractivity contribution is 5.63. The number of ether oxygens (including phenoxy) is 1. The van der Waals surface area contributed by atoms with E-state index in [1.807, 2.05) is 12.1 Å². The molecule has 0 saturated carbocycles. The smallest absolute Gasteiger partial charge is 0.226 e. The van der Waals surface area contributed by atoms with Gasteiger partial charge in [-0.3, -0.25) is 0 Å². The molecule has 3 rings (SSSR count). The lowest BCUT2D eigenvalue weighted by molar-refractivity contribution is 0.297. The molecule has 5 heteroatoms. The number of hydrogen-bond donors (Lipinski definition) is 2. The molecule has 196 valence electrons. The van der Waals surface area contributed by atoms with E-state index in [1.54, 1.807) is 6.26 Å². The van der Waals surface area contributed by atoms with E-state index in [0.717, 1.165) is 60.5 Å². The molecule has 5 nitrogen and oxygen atoms in total. The lowest BCUT2D eigenvalue weighted by Gasteiger charge is -2.27. The molecule has 2 N–H and O–H groups in total. The molecule has 36 heavy (non-hydrogen) atoms. The van der Waals surface area contributed by atoms with Crippen molar-refractivity contribution in [3.8, 4) is 23.0 Å². The van der Waals surface area contributed by atoms with Crippen molar-refractivity contribution < 1.29 is 14.3 Å². The second-order valence-electron chi connectivity index (χ2n) is 11.6. The Morgan fingerprint density at radius 1 is 0.944 bits per heavy atom. The van der Waals surface area contributed by atoms with Crippen molar-refractivity contribution in [3.05, 3.63) is 64.5 Å². The SMILES string of the molecule is CCCNCCc1cc(CC)ccc1OCc1coc(-c2cc(C(C)(C)C)c(O)c(C(C)(C)C)c2)n1. The molecule has 0 radical (unpaired) electrons. The van der Waals surface area contributed by atoms with E-state index in [1.165, 1.54) is 11.1 Å². The fourth-order valence-electron chi connectivity index (χ4n) is 4.27. The van der Waals surface area contributed by atoms with Crippen molar-refractivity contribution in [2.75, 3.05) is 13.1 Å². The molecule has 0 aliphatic rings. The largest absolute Gasteiger partial charge is 0.507 e. The highest BCUT2D eigenvalue weighted by Crippen LogP contribution is 2.41. The Labute approximate surface area is 217 Å². The van der Waals surface area contributed by atoms with Gasteiger partial charge < -0.3 is 19.6 Å². The van der Waals surface area contributed by atoms with Crippen LogP contribution in [0, 0.1) is 0 Å². The summed E-state index contributed by atoms with van der Waals surface area (Å²) in [5, 5.41) is 14.5. The predicted molar refractivity (Wildman–Crippen MR) is 148 cm³/mol. The number of hydrogen-bond acceptors (Lipinski definition) is 5. The number of aryl methyl sites for hydroxylation is 1. The van der Waals surface area contributed by atoms with Gasteiger partial charge >= 0.3 is 0 Å². The Balaban J connectivity index is 1.83. The Bertz CT molecular complexity index is 1110. The van der Waals surface area contributed by atoms with Crippen LogP contribution in [0.15, 0.2) is 41.0 Å². The van der Waals surface area contributed by atoms with Crippen molar-refractivity contribution in [1.82, 2.24) is 10.3 Å². The molecule has 0 aliphatic carbocycles. The topological polar surface area (TPSA) is 67.5 Å². The number of rotatable bonds is 10. The third-order valence-electron chi connectivity index (χ3n) is 6.43. The summed E-state index contributed by atoms with van der Waals surface area (Å²) in [6.07, 6.45) is 4.72. The summed E-state index contributed by atoms with van der Waals surface area (Å²) in [7, 11) is 0. The van der Waals surface area contributed by atoms with Crippen LogP contribution in [-0.2, 0) is 30.3 Å². The molecule has 2 aromatic carbocycles. The molecule has 1 heterocycles. The first-order valence-corrected chi connectivity index (χ1v) is 13.2. The van der Waals surface area contributed by atoms with Gasteiger partial charge in [0, 0.05) is 16.7 Å². The maximum absolute atomic E-state index is 11.0. The molecule has 1 aromatic heterocycles. The van der Waals surface area contributed by atoms with Gasteiger partial charge in [-0.1, -0.05) is 67.5 Å². The first-order valence-electron chi connectivity index (χ1n) is 13.2. The fourth-order valence-corrected chi connectivity index (χ4v) is 4.27. The van der Waals surface area contributed by atoms with Gasteiger partial charge in [-0.15, -0.1) is 0 Å². The average Bonchev–Trinajstić information content (AvgIpc) is 3.28. The van der Waals surface area contributed by atoms with Gasteiger partial charge in [0.1, 0.15) is 30.1 Å². The summed E-state index contributed by atoms with van der Waals surface area (Å²) in [6, 6.07) is 10.4. The summed E-state index contributed by atoms with van der Waals surface area (Å²) in [4.78, 5) is 4.74. The number of aromatic hydroxyl groups is 1. The van der Waals surface area contributed by atoms with E-state index in [4.69, 9.17) is 14.1 Å². The van der Waals surface area contributed by atoms with Gasteiger partial charge in [0.2, 0.25) is 5.89 Å². The normalized spacial score (nSPS) is 12.2. The number of benzene rings is 2. The number of phenolic OH excluding ortho intramolecular Hbond substituents is 1. The number of aromatic nitrogens is 1. The van der Waals surface area contributed by atoms with E-state index in [9.17, 15) is 5.11 Å². The zero-order valence-electron chi connectivity index (χ0n) is 23.4. The Morgan fingerprint density at radius 3 is 2.19 bits per heavy atom. The van der Waals surface area contributed by atoms with Gasteiger partial charge in [-0.05, 0) is 72.5 Å². The molecule has 0 spiro atoms. The lowest BCUT2D eigenvalue weighted by atomic mass is 9.78. The highest BCUT2D eigenvalue weighted by atomic mass is 16.5. The minimum absolute atomic E-state index is 0.217. The van der Waals surface area contributed by atoms with Crippen molar-refractivity contribution in [2.45, 2.75) is 92.1 Å². The zero-order chi connectivity index (χ0) is 26.5. The van der Waals surface area contributed by atoms with Crippen LogP contribution in [0.25, 0.3) is 11.5 Å². The molecule has 0 atom stereocenters.